The number of aromatic nitrogens is 4. The minimum atomic E-state index is -2.99. The number of hydrogen-bond donors (Lipinski definition) is 1. The van der Waals surface area contributed by atoms with Gasteiger partial charge in [0.2, 0.25) is 5.91 Å². The average molecular weight is 333 g/mol. The fraction of sp³-hybridized carbons (Fsp3) is 0.462. The van der Waals surface area contributed by atoms with Crippen LogP contribution in [-0.4, -0.2) is 25.5 Å². The normalized spacial score (nSPS) is 11.4. The Bertz CT molecular complexity index is 667. The summed E-state index contributed by atoms with van der Waals surface area (Å²) in [6.07, 6.45) is -2.67. The highest BCUT2D eigenvalue weighted by Gasteiger charge is 2.22. The molecule has 0 fully saturated rings. The number of carbonyl (C=O) groups is 1. The summed E-state index contributed by atoms with van der Waals surface area (Å²) in [5.41, 5.74) is -0.755. The first-order chi connectivity index (χ1) is 10.9. The largest absolute Gasteiger partial charge is 0.350 e. The number of amides is 1. The van der Waals surface area contributed by atoms with E-state index in [9.17, 15) is 22.4 Å². The molecule has 0 saturated carbocycles. The molecule has 2 heterocycles. The molecule has 2 rings (SSSR count). The lowest BCUT2D eigenvalue weighted by molar-refractivity contribution is -0.122. The zero-order chi connectivity index (χ0) is 17.0. The number of alkyl halides is 4. The van der Waals surface area contributed by atoms with Crippen LogP contribution in [0.15, 0.2) is 18.5 Å². The van der Waals surface area contributed by atoms with Crippen LogP contribution in [0.5, 0.6) is 0 Å². The molecule has 1 N–H and O–H groups in total. The summed E-state index contributed by atoms with van der Waals surface area (Å²) in [4.78, 5) is 11.8. The predicted molar refractivity (Wildman–Crippen MR) is 71.9 cm³/mol. The van der Waals surface area contributed by atoms with E-state index in [-0.39, 0.29) is 6.54 Å². The Morgan fingerprint density at radius 1 is 1.30 bits per heavy atom. The van der Waals surface area contributed by atoms with Gasteiger partial charge in [-0.2, -0.15) is 10.2 Å². The van der Waals surface area contributed by atoms with Gasteiger partial charge in [-0.25, -0.2) is 17.6 Å². The third-order valence-electron chi connectivity index (χ3n) is 3.07. The molecule has 126 valence electrons. The molecule has 0 bridgehead atoms. The average Bonchev–Trinajstić information content (AvgIpc) is 3.11. The molecule has 2 aromatic rings. The van der Waals surface area contributed by atoms with Gasteiger partial charge in [-0.15, -0.1) is 0 Å². The summed E-state index contributed by atoms with van der Waals surface area (Å²) >= 11 is 0. The van der Waals surface area contributed by atoms with Crippen molar-refractivity contribution in [1.29, 1.82) is 0 Å². The van der Waals surface area contributed by atoms with Crippen LogP contribution in [0.1, 0.15) is 36.7 Å². The zero-order valence-electron chi connectivity index (χ0n) is 12.2. The van der Waals surface area contributed by atoms with E-state index in [0.717, 1.165) is 5.56 Å². The highest BCUT2D eigenvalue weighted by Crippen LogP contribution is 2.24. The summed E-state index contributed by atoms with van der Waals surface area (Å²) in [5.74, 6) is -0.611. The van der Waals surface area contributed by atoms with Crippen molar-refractivity contribution in [3.05, 3.63) is 35.4 Å². The van der Waals surface area contributed by atoms with Gasteiger partial charge in [0.05, 0.1) is 6.20 Å². The van der Waals surface area contributed by atoms with Gasteiger partial charge >= 0.3 is 0 Å². The highest BCUT2D eigenvalue weighted by molar-refractivity contribution is 5.75. The van der Waals surface area contributed by atoms with Crippen molar-refractivity contribution in [3.63, 3.8) is 0 Å². The molecule has 0 aliphatic rings. The van der Waals surface area contributed by atoms with Crippen LogP contribution in [0.3, 0.4) is 0 Å². The summed E-state index contributed by atoms with van der Waals surface area (Å²) in [6.45, 7) is 2.18. The van der Waals surface area contributed by atoms with Gasteiger partial charge in [0.25, 0.3) is 12.9 Å². The summed E-state index contributed by atoms with van der Waals surface area (Å²) < 4.78 is 52.9. The van der Waals surface area contributed by atoms with E-state index in [4.69, 9.17) is 0 Å². The molecule has 0 aromatic carbocycles. The van der Waals surface area contributed by atoms with Crippen molar-refractivity contribution in [1.82, 2.24) is 24.9 Å². The van der Waals surface area contributed by atoms with Crippen LogP contribution < -0.4 is 5.32 Å². The first-order valence-electron chi connectivity index (χ1n) is 6.82. The molecule has 6 nitrogen and oxygen atoms in total. The van der Waals surface area contributed by atoms with Crippen LogP contribution in [0, 0.1) is 0 Å². The van der Waals surface area contributed by atoms with Crippen molar-refractivity contribution in [3.8, 4) is 0 Å². The smallest absolute Gasteiger partial charge is 0.282 e. The lowest BCUT2D eigenvalue weighted by Gasteiger charge is -2.07. The monoisotopic (exact) mass is 333 g/mol. The number of nitrogens with one attached hydrogen (secondary N) is 1. The van der Waals surface area contributed by atoms with Crippen molar-refractivity contribution in [2.75, 3.05) is 0 Å². The van der Waals surface area contributed by atoms with E-state index in [1.54, 1.807) is 17.1 Å². The Kier molecular flexibility index (Phi) is 5.35. The molecule has 2 aromatic heterocycles. The third kappa shape index (κ3) is 4.30. The predicted octanol–water partition coefficient (Wildman–Crippen LogP) is 2.29. The lowest BCUT2D eigenvalue weighted by Crippen LogP contribution is -2.28. The Morgan fingerprint density at radius 3 is 2.61 bits per heavy atom. The second-order valence-electron chi connectivity index (χ2n) is 4.73. The standard InChI is InChI=1S/C13H15F4N5O/c1-2-21-6-8(5-19-21)4-18-11(23)7-22-10(13(16)17)3-9(20-22)12(14)15/h3,5-6,12-13H,2,4,7H2,1H3,(H,18,23). The fourth-order valence-electron chi connectivity index (χ4n) is 1.92. The van der Waals surface area contributed by atoms with Gasteiger partial charge in [-0.1, -0.05) is 0 Å². The second kappa shape index (κ2) is 7.25. The molecule has 0 unspecified atom stereocenters. The Morgan fingerprint density at radius 2 is 2.04 bits per heavy atom. The summed E-state index contributed by atoms with van der Waals surface area (Å²) in [7, 11) is 0. The molecule has 23 heavy (non-hydrogen) atoms. The van der Waals surface area contributed by atoms with Crippen molar-refractivity contribution < 1.29 is 22.4 Å². The molecule has 0 saturated heterocycles. The molecule has 10 heteroatoms. The number of halogens is 4. The molecule has 0 spiro atoms. The SMILES string of the molecule is CCn1cc(CNC(=O)Cn2nc(C(F)F)cc2C(F)F)cn1. The first kappa shape index (κ1) is 17.0. The molecule has 0 aliphatic carbocycles. The van der Waals surface area contributed by atoms with Crippen LogP contribution in [0.4, 0.5) is 17.6 Å². The van der Waals surface area contributed by atoms with Crippen LogP contribution >= 0.6 is 0 Å². The maximum absolute atomic E-state index is 12.8. The van der Waals surface area contributed by atoms with Gasteiger partial charge in [0.1, 0.15) is 17.9 Å². The van der Waals surface area contributed by atoms with Gasteiger partial charge in [0.15, 0.2) is 0 Å². The summed E-state index contributed by atoms with van der Waals surface area (Å²) in [5, 5.41) is 9.88. The topological polar surface area (TPSA) is 64.7 Å². The highest BCUT2D eigenvalue weighted by atomic mass is 19.3. The molecular weight excluding hydrogens is 318 g/mol. The van der Waals surface area contributed by atoms with E-state index >= 15 is 0 Å². The molecule has 1 amide bonds. The van der Waals surface area contributed by atoms with Gasteiger partial charge in [0, 0.05) is 24.8 Å². The molecule has 0 atom stereocenters. The number of rotatable bonds is 7. The van der Waals surface area contributed by atoms with Gasteiger partial charge < -0.3 is 5.32 Å². The van der Waals surface area contributed by atoms with Crippen LogP contribution in [0.25, 0.3) is 0 Å². The van der Waals surface area contributed by atoms with Crippen LogP contribution in [0.2, 0.25) is 0 Å². The number of hydrogen-bond acceptors (Lipinski definition) is 3. The van der Waals surface area contributed by atoms with E-state index < -0.39 is 36.7 Å². The first-order valence-corrected chi connectivity index (χ1v) is 6.82. The zero-order valence-corrected chi connectivity index (χ0v) is 12.2. The number of nitrogens with zero attached hydrogens (tertiary/aromatic N) is 4. The van der Waals surface area contributed by atoms with Crippen molar-refractivity contribution in [2.24, 2.45) is 0 Å². The molecule has 0 aliphatic heterocycles. The van der Waals surface area contributed by atoms with Gasteiger partial charge in [-0.3, -0.25) is 14.2 Å². The Hall–Kier alpha value is -2.39. The minimum absolute atomic E-state index is 0.159. The van der Waals surface area contributed by atoms with E-state index in [1.807, 2.05) is 6.92 Å². The van der Waals surface area contributed by atoms with Crippen molar-refractivity contribution in [2.45, 2.75) is 39.4 Å². The van der Waals surface area contributed by atoms with Crippen LogP contribution in [-0.2, 0) is 24.4 Å². The van der Waals surface area contributed by atoms with E-state index in [0.29, 0.717) is 17.3 Å². The maximum atomic E-state index is 12.8. The number of carbonyl (C=O) groups excluding carboxylic acids is 1. The van der Waals surface area contributed by atoms with Crippen molar-refractivity contribution >= 4 is 5.91 Å². The molecular formula is C13H15F4N5O. The fourth-order valence-corrected chi connectivity index (χ4v) is 1.92. The minimum Gasteiger partial charge on any atom is -0.350 e. The lowest BCUT2D eigenvalue weighted by atomic mass is 10.3. The molecule has 0 radical (unpaired) electrons. The maximum Gasteiger partial charge on any atom is 0.282 e. The van der Waals surface area contributed by atoms with Gasteiger partial charge in [-0.05, 0) is 13.0 Å². The second-order valence-corrected chi connectivity index (χ2v) is 4.73. The van der Waals surface area contributed by atoms with E-state index in [1.165, 1.54) is 0 Å². The Balaban J connectivity index is 1.99. The number of aryl methyl sites for hydroxylation is 1. The van der Waals surface area contributed by atoms with E-state index in [2.05, 4.69) is 15.5 Å². The Labute approximate surface area is 129 Å². The summed E-state index contributed by atoms with van der Waals surface area (Å²) in [6, 6.07) is 0.605. The third-order valence-corrected chi connectivity index (χ3v) is 3.07. The quantitative estimate of drug-likeness (QED) is 0.791.